The Balaban J connectivity index is 2.62. The molecular formula is C11H16BrNO3Si. The largest absolute Gasteiger partial charge is 0.494 e. The second kappa shape index (κ2) is 5.64. The molecule has 1 rings (SSSR count). The van der Waals surface area contributed by atoms with Crippen molar-refractivity contribution in [3.63, 3.8) is 0 Å². The van der Waals surface area contributed by atoms with Crippen molar-refractivity contribution in [3.05, 3.63) is 32.8 Å². The zero-order valence-corrected chi connectivity index (χ0v) is 12.8. The standard InChI is InChI=1S/C11H16BrNO3Si/c1-17(2,3)7-6-16-9-4-5-11(13(14)15)10(12)8-9/h4-5,8H,6-7H2,1-3H3. The molecule has 0 aromatic heterocycles. The Hall–Kier alpha value is -0.883. The van der Waals surface area contributed by atoms with Gasteiger partial charge in [-0.2, -0.15) is 0 Å². The van der Waals surface area contributed by atoms with Crippen LogP contribution in [0.4, 0.5) is 5.69 Å². The topological polar surface area (TPSA) is 52.4 Å². The second-order valence-corrected chi connectivity index (χ2v) is 11.5. The van der Waals surface area contributed by atoms with E-state index in [1.54, 1.807) is 12.1 Å². The van der Waals surface area contributed by atoms with E-state index < -0.39 is 13.0 Å². The highest BCUT2D eigenvalue weighted by molar-refractivity contribution is 9.10. The molecule has 0 spiro atoms. The van der Waals surface area contributed by atoms with E-state index in [4.69, 9.17) is 4.74 Å². The van der Waals surface area contributed by atoms with E-state index in [-0.39, 0.29) is 5.69 Å². The molecule has 0 saturated heterocycles. The summed E-state index contributed by atoms with van der Waals surface area (Å²) in [7, 11) is -1.10. The molecule has 0 N–H and O–H groups in total. The van der Waals surface area contributed by atoms with Gasteiger partial charge < -0.3 is 4.74 Å². The Morgan fingerprint density at radius 2 is 2.06 bits per heavy atom. The minimum atomic E-state index is -1.10. The third-order valence-corrected chi connectivity index (χ3v) is 4.58. The summed E-state index contributed by atoms with van der Waals surface area (Å²) < 4.78 is 6.03. The van der Waals surface area contributed by atoms with Gasteiger partial charge in [-0.1, -0.05) is 19.6 Å². The lowest BCUT2D eigenvalue weighted by atomic mass is 10.3. The molecule has 0 aliphatic heterocycles. The SMILES string of the molecule is C[Si](C)(C)CCOc1ccc([N+](=O)[O-])c(Br)c1. The lowest BCUT2D eigenvalue weighted by molar-refractivity contribution is -0.385. The van der Waals surface area contributed by atoms with Gasteiger partial charge in [-0.15, -0.1) is 0 Å². The molecule has 0 unspecified atom stereocenters. The molecule has 0 fully saturated rings. The van der Waals surface area contributed by atoms with Crippen molar-refractivity contribution in [2.75, 3.05) is 6.61 Å². The summed E-state index contributed by atoms with van der Waals surface area (Å²) >= 11 is 3.17. The van der Waals surface area contributed by atoms with Gasteiger partial charge in [0.1, 0.15) is 5.75 Å². The van der Waals surface area contributed by atoms with E-state index in [9.17, 15) is 10.1 Å². The molecule has 0 bridgehead atoms. The van der Waals surface area contributed by atoms with Crippen molar-refractivity contribution in [2.24, 2.45) is 0 Å². The fourth-order valence-electron chi connectivity index (χ4n) is 1.20. The third-order valence-electron chi connectivity index (χ3n) is 2.24. The number of hydrogen-bond acceptors (Lipinski definition) is 3. The highest BCUT2D eigenvalue weighted by Gasteiger charge is 2.14. The molecule has 0 aliphatic rings. The fourth-order valence-corrected chi connectivity index (χ4v) is 2.42. The Morgan fingerprint density at radius 1 is 1.41 bits per heavy atom. The van der Waals surface area contributed by atoms with Gasteiger partial charge in [-0.25, -0.2) is 0 Å². The van der Waals surface area contributed by atoms with E-state index in [1.807, 2.05) is 0 Å². The molecule has 0 amide bonds. The molecule has 0 atom stereocenters. The van der Waals surface area contributed by atoms with Gasteiger partial charge in [-0.3, -0.25) is 10.1 Å². The maximum absolute atomic E-state index is 10.6. The number of nitrogens with zero attached hydrogens (tertiary/aromatic N) is 1. The maximum Gasteiger partial charge on any atom is 0.283 e. The summed E-state index contributed by atoms with van der Waals surface area (Å²) in [6, 6.07) is 5.80. The molecule has 94 valence electrons. The number of nitro benzene ring substituents is 1. The summed E-state index contributed by atoms with van der Waals surface area (Å²) in [4.78, 5) is 10.2. The molecule has 1 aromatic rings. The number of rotatable bonds is 5. The van der Waals surface area contributed by atoms with Crippen molar-refractivity contribution in [3.8, 4) is 5.75 Å². The van der Waals surface area contributed by atoms with Gasteiger partial charge in [0.05, 0.1) is 16.0 Å². The van der Waals surface area contributed by atoms with Crippen LogP contribution in [0.25, 0.3) is 0 Å². The predicted molar refractivity (Wildman–Crippen MR) is 74.4 cm³/mol. The highest BCUT2D eigenvalue weighted by Crippen LogP contribution is 2.29. The Labute approximate surface area is 110 Å². The summed E-state index contributed by atoms with van der Waals surface area (Å²) in [5, 5.41) is 10.6. The minimum absolute atomic E-state index is 0.0579. The summed E-state index contributed by atoms with van der Waals surface area (Å²) in [5.74, 6) is 0.667. The van der Waals surface area contributed by atoms with Crippen molar-refractivity contribution >= 4 is 29.7 Å². The molecule has 0 heterocycles. The number of benzene rings is 1. The van der Waals surface area contributed by atoms with Crippen LogP contribution in [0.5, 0.6) is 5.75 Å². The van der Waals surface area contributed by atoms with Gasteiger partial charge in [0, 0.05) is 20.2 Å². The Morgan fingerprint density at radius 3 is 2.53 bits per heavy atom. The molecule has 0 aliphatic carbocycles. The number of halogens is 1. The average Bonchev–Trinajstić information content (AvgIpc) is 2.15. The first kappa shape index (κ1) is 14.2. The molecule has 0 radical (unpaired) electrons. The predicted octanol–water partition coefficient (Wildman–Crippen LogP) is 4.07. The van der Waals surface area contributed by atoms with Crippen LogP contribution >= 0.6 is 15.9 Å². The number of hydrogen-bond donors (Lipinski definition) is 0. The van der Waals surface area contributed by atoms with Crippen LogP contribution in [0.15, 0.2) is 22.7 Å². The van der Waals surface area contributed by atoms with Crippen LogP contribution in [0, 0.1) is 10.1 Å². The molecule has 1 aromatic carbocycles. The monoisotopic (exact) mass is 317 g/mol. The van der Waals surface area contributed by atoms with Gasteiger partial charge in [-0.05, 0) is 28.0 Å². The van der Waals surface area contributed by atoms with Crippen LogP contribution in [0.2, 0.25) is 25.7 Å². The summed E-state index contributed by atoms with van der Waals surface area (Å²) in [6.07, 6.45) is 0. The minimum Gasteiger partial charge on any atom is -0.494 e. The van der Waals surface area contributed by atoms with Gasteiger partial charge in [0.25, 0.3) is 5.69 Å². The van der Waals surface area contributed by atoms with Gasteiger partial charge in [0.15, 0.2) is 0 Å². The normalized spacial score (nSPS) is 11.3. The van der Waals surface area contributed by atoms with Gasteiger partial charge >= 0.3 is 0 Å². The molecule has 17 heavy (non-hydrogen) atoms. The van der Waals surface area contributed by atoms with Crippen LogP contribution in [0.3, 0.4) is 0 Å². The molecular weight excluding hydrogens is 302 g/mol. The van der Waals surface area contributed by atoms with Crippen LogP contribution in [-0.2, 0) is 0 Å². The molecule has 6 heteroatoms. The summed E-state index contributed by atoms with van der Waals surface area (Å²) in [5.41, 5.74) is 0.0579. The average molecular weight is 318 g/mol. The van der Waals surface area contributed by atoms with E-state index >= 15 is 0 Å². The Bertz CT molecular complexity index is 418. The highest BCUT2D eigenvalue weighted by atomic mass is 79.9. The van der Waals surface area contributed by atoms with Crippen LogP contribution < -0.4 is 4.74 Å². The van der Waals surface area contributed by atoms with Crippen LogP contribution in [0.1, 0.15) is 0 Å². The zero-order chi connectivity index (χ0) is 13.1. The first-order valence-electron chi connectivity index (χ1n) is 5.36. The van der Waals surface area contributed by atoms with E-state index in [2.05, 4.69) is 35.6 Å². The molecule has 0 saturated carbocycles. The van der Waals surface area contributed by atoms with Crippen molar-refractivity contribution < 1.29 is 9.66 Å². The molecule has 4 nitrogen and oxygen atoms in total. The maximum atomic E-state index is 10.6. The lowest BCUT2D eigenvalue weighted by Crippen LogP contribution is -2.22. The zero-order valence-electron chi connectivity index (χ0n) is 10.2. The summed E-state index contributed by atoms with van der Waals surface area (Å²) in [6.45, 7) is 7.51. The van der Waals surface area contributed by atoms with Gasteiger partial charge in [0.2, 0.25) is 0 Å². The van der Waals surface area contributed by atoms with Crippen LogP contribution in [-0.4, -0.2) is 19.6 Å². The number of nitro groups is 1. The second-order valence-electron chi connectivity index (χ2n) is 5.03. The van der Waals surface area contributed by atoms with Crippen molar-refractivity contribution in [1.82, 2.24) is 0 Å². The number of ether oxygens (including phenoxy) is 1. The van der Waals surface area contributed by atoms with E-state index in [0.29, 0.717) is 16.8 Å². The van der Waals surface area contributed by atoms with Crippen molar-refractivity contribution in [2.45, 2.75) is 25.7 Å². The first-order chi connectivity index (χ1) is 7.79. The smallest absolute Gasteiger partial charge is 0.283 e. The Kier molecular flexibility index (Phi) is 4.70. The third kappa shape index (κ3) is 4.87. The first-order valence-corrected chi connectivity index (χ1v) is 9.86. The lowest BCUT2D eigenvalue weighted by Gasteiger charge is -2.15. The fraction of sp³-hybridized carbons (Fsp3) is 0.455. The quantitative estimate of drug-likeness (QED) is 0.467. The van der Waals surface area contributed by atoms with Crippen molar-refractivity contribution in [1.29, 1.82) is 0 Å². The van der Waals surface area contributed by atoms with E-state index in [1.165, 1.54) is 6.07 Å². The van der Waals surface area contributed by atoms with E-state index in [0.717, 1.165) is 6.04 Å².